The monoisotopic (exact) mass is 162 g/mol. The Labute approximate surface area is 62.6 Å². The number of carbonyl (C=O) groups is 2. The molecule has 4 heteroatoms. The van der Waals surface area contributed by atoms with Crippen molar-refractivity contribution >= 4 is 12.1 Å². The number of ketones is 1. The predicted molar refractivity (Wildman–Crippen MR) is 33.4 cm³/mol. The van der Waals surface area contributed by atoms with E-state index in [-0.39, 0.29) is 12.2 Å². The minimum atomic E-state index is -2.82. The molecule has 0 aromatic heterocycles. The van der Waals surface area contributed by atoms with Gasteiger partial charge in [0.1, 0.15) is 12.1 Å². The van der Waals surface area contributed by atoms with Gasteiger partial charge in [0.15, 0.2) is 0 Å². The predicted octanol–water partition coefficient (Wildman–Crippen LogP) is 1.19. The molecule has 0 radical (unpaired) electrons. The van der Waals surface area contributed by atoms with E-state index < -0.39 is 24.7 Å². The maximum atomic E-state index is 12.5. The molecule has 1 rings (SSSR count). The molecule has 1 aliphatic carbocycles. The molecular formula is C7H8F2O2. The normalized spacial score (nSPS) is 30.0. The lowest BCUT2D eigenvalue weighted by atomic mass is 9.86. The van der Waals surface area contributed by atoms with Gasteiger partial charge in [0.25, 0.3) is 0 Å². The lowest BCUT2D eigenvalue weighted by Crippen LogP contribution is -2.33. The van der Waals surface area contributed by atoms with Crippen molar-refractivity contribution in [2.24, 2.45) is 5.92 Å². The number of aldehydes is 1. The van der Waals surface area contributed by atoms with Crippen molar-refractivity contribution in [3.8, 4) is 0 Å². The Morgan fingerprint density at radius 1 is 1.55 bits per heavy atom. The van der Waals surface area contributed by atoms with Gasteiger partial charge in [-0.05, 0) is 0 Å². The van der Waals surface area contributed by atoms with E-state index in [0.29, 0.717) is 6.29 Å². The van der Waals surface area contributed by atoms with Crippen molar-refractivity contribution < 1.29 is 18.4 Å². The second-order valence-corrected chi connectivity index (χ2v) is 2.77. The summed E-state index contributed by atoms with van der Waals surface area (Å²) in [6.07, 6.45) is -0.864. The van der Waals surface area contributed by atoms with Gasteiger partial charge in [-0.25, -0.2) is 8.78 Å². The average molecular weight is 162 g/mol. The Kier molecular flexibility index (Phi) is 2.02. The second kappa shape index (κ2) is 2.68. The molecule has 1 atom stereocenters. The van der Waals surface area contributed by atoms with E-state index in [4.69, 9.17) is 0 Å². The maximum Gasteiger partial charge on any atom is 0.249 e. The number of carbonyl (C=O) groups excluding carboxylic acids is 2. The first kappa shape index (κ1) is 8.30. The van der Waals surface area contributed by atoms with Crippen LogP contribution in [-0.4, -0.2) is 18.0 Å². The molecule has 0 aliphatic heterocycles. The zero-order chi connectivity index (χ0) is 8.48. The molecule has 0 bridgehead atoms. The smallest absolute Gasteiger partial charge is 0.249 e. The number of rotatable bonds is 1. The molecule has 0 aromatic carbocycles. The van der Waals surface area contributed by atoms with E-state index >= 15 is 0 Å². The summed E-state index contributed by atoms with van der Waals surface area (Å²) >= 11 is 0. The number of alkyl halides is 2. The van der Waals surface area contributed by atoms with Crippen LogP contribution in [0.3, 0.4) is 0 Å². The first-order valence-corrected chi connectivity index (χ1v) is 3.41. The molecule has 0 saturated heterocycles. The van der Waals surface area contributed by atoms with Crippen molar-refractivity contribution in [1.29, 1.82) is 0 Å². The molecule has 1 saturated carbocycles. The molecule has 11 heavy (non-hydrogen) atoms. The summed E-state index contributed by atoms with van der Waals surface area (Å²) in [4.78, 5) is 20.9. The van der Waals surface area contributed by atoms with Gasteiger partial charge in [-0.1, -0.05) is 0 Å². The molecule has 62 valence electrons. The third-order valence-corrected chi connectivity index (χ3v) is 1.83. The SMILES string of the molecule is O=CC1CC(F)(F)CCC1=O. The second-order valence-electron chi connectivity index (χ2n) is 2.77. The van der Waals surface area contributed by atoms with E-state index in [9.17, 15) is 18.4 Å². The quantitative estimate of drug-likeness (QED) is 0.428. The van der Waals surface area contributed by atoms with E-state index in [1.165, 1.54) is 0 Å². The van der Waals surface area contributed by atoms with Gasteiger partial charge >= 0.3 is 0 Å². The molecule has 1 aliphatic rings. The minimum Gasteiger partial charge on any atom is -0.303 e. The lowest BCUT2D eigenvalue weighted by molar-refractivity contribution is -0.139. The topological polar surface area (TPSA) is 34.1 Å². The largest absolute Gasteiger partial charge is 0.303 e. The number of hydrogen-bond acceptors (Lipinski definition) is 2. The summed E-state index contributed by atoms with van der Waals surface area (Å²) in [5, 5.41) is 0. The third kappa shape index (κ3) is 1.82. The van der Waals surface area contributed by atoms with Gasteiger partial charge in [0.05, 0.1) is 5.92 Å². The summed E-state index contributed by atoms with van der Waals surface area (Å²) in [6.45, 7) is 0. The van der Waals surface area contributed by atoms with Gasteiger partial charge in [0.2, 0.25) is 5.92 Å². The Balaban J connectivity index is 2.65. The van der Waals surface area contributed by atoms with Crippen molar-refractivity contribution in [2.75, 3.05) is 0 Å². The molecule has 1 unspecified atom stereocenters. The summed E-state index contributed by atoms with van der Waals surface area (Å²) in [6, 6.07) is 0. The average Bonchev–Trinajstić information content (AvgIpc) is 1.94. The highest BCUT2D eigenvalue weighted by molar-refractivity contribution is 5.93. The molecular weight excluding hydrogens is 154 g/mol. The van der Waals surface area contributed by atoms with Crippen LogP contribution in [0.25, 0.3) is 0 Å². The van der Waals surface area contributed by atoms with Crippen LogP contribution in [-0.2, 0) is 9.59 Å². The lowest BCUT2D eigenvalue weighted by Gasteiger charge is -2.24. The first-order chi connectivity index (χ1) is 5.05. The van der Waals surface area contributed by atoms with Crippen molar-refractivity contribution in [2.45, 2.75) is 25.2 Å². The summed E-state index contributed by atoms with van der Waals surface area (Å²) in [7, 11) is 0. The Morgan fingerprint density at radius 3 is 2.64 bits per heavy atom. The minimum absolute atomic E-state index is 0.170. The van der Waals surface area contributed by atoms with Crippen LogP contribution >= 0.6 is 0 Å². The Bertz CT molecular complexity index is 189. The van der Waals surface area contributed by atoms with Crippen molar-refractivity contribution in [1.82, 2.24) is 0 Å². The first-order valence-electron chi connectivity index (χ1n) is 3.41. The highest BCUT2D eigenvalue weighted by Crippen LogP contribution is 2.33. The van der Waals surface area contributed by atoms with Crippen LogP contribution in [0.5, 0.6) is 0 Å². The Hall–Kier alpha value is -0.800. The standard InChI is InChI=1S/C7H8F2O2/c8-7(9)2-1-6(11)5(3-7)4-10/h4-5H,1-3H2. The van der Waals surface area contributed by atoms with E-state index in [2.05, 4.69) is 0 Å². The summed E-state index contributed by atoms with van der Waals surface area (Å²) < 4.78 is 25.0. The fraction of sp³-hybridized carbons (Fsp3) is 0.714. The number of halogens is 2. The van der Waals surface area contributed by atoms with E-state index in [1.54, 1.807) is 0 Å². The molecule has 0 amide bonds. The molecule has 0 N–H and O–H groups in total. The fourth-order valence-corrected chi connectivity index (χ4v) is 1.15. The zero-order valence-electron chi connectivity index (χ0n) is 5.85. The fourth-order valence-electron chi connectivity index (χ4n) is 1.15. The highest BCUT2D eigenvalue weighted by Gasteiger charge is 2.40. The van der Waals surface area contributed by atoms with Gasteiger partial charge in [0, 0.05) is 19.3 Å². The van der Waals surface area contributed by atoms with E-state index in [0.717, 1.165) is 0 Å². The summed E-state index contributed by atoms with van der Waals surface area (Å²) in [5.74, 6) is -4.25. The van der Waals surface area contributed by atoms with Crippen molar-refractivity contribution in [3.63, 3.8) is 0 Å². The van der Waals surface area contributed by atoms with Crippen molar-refractivity contribution in [3.05, 3.63) is 0 Å². The highest BCUT2D eigenvalue weighted by atomic mass is 19.3. The van der Waals surface area contributed by atoms with Gasteiger partial charge in [-0.15, -0.1) is 0 Å². The number of Topliss-reactive ketones (excluding diaryl/α,β-unsaturated/α-hetero) is 1. The van der Waals surface area contributed by atoms with Crippen LogP contribution in [0.15, 0.2) is 0 Å². The van der Waals surface area contributed by atoms with Gasteiger partial charge in [-0.2, -0.15) is 0 Å². The van der Waals surface area contributed by atoms with E-state index in [1.807, 2.05) is 0 Å². The van der Waals surface area contributed by atoms with Crippen LogP contribution in [0, 0.1) is 5.92 Å². The van der Waals surface area contributed by atoms with Gasteiger partial charge < -0.3 is 4.79 Å². The van der Waals surface area contributed by atoms with Crippen LogP contribution in [0.4, 0.5) is 8.78 Å². The molecule has 0 spiro atoms. The van der Waals surface area contributed by atoms with Crippen LogP contribution in [0.1, 0.15) is 19.3 Å². The maximum absolute atomic E-state index is 12.5. The van der Waals surface area contributed by atoms with Gasteiger partial charge in [-0.3, -0.25) is 4.79 Å². The molecule has 1 fully saturated rings. The molecule has 2 nitrogen and oxygen atoms in total. The van der Waals surface area contributed by atoms with Crippen LogP contribution in [0.2, 0.25) is 0 Å². The summed E-state index contributed by atoms with van der Waals surface area (Å²) in [5.41, 5.74) is 0. The molecule has 0 heterocycles. The molecule has 0 aromatic rings. The zero-order valence-corrected chi connectivity index (χ0v) is 5.85. The Morgan fingerprint density at radius 2 is 2.18 bits per heavy atom. The van der Waals surface area contributed by atoms with Crippen LogP contribution < -0.4 is 0 Å². The third-order valence-electron chi connectivity index (χ3n) is 1.83. The number of hydrogen-bond donors (Lipinski definition) is 0.